The van der Waals surface area contributed by atoms with E-state index < -0.39 is 6.10 Å². The van der Waals surface area contributed by atoms with Crippen LogP contribution in [0.1, 0.15) is 34.5 Å². The zero-order valence-electron chi connectivity index (χ0n) is 15.7. The summed E-state index contributed by atoms with van der Waals surface area (Å²) >= 11 is 0. The van der Waals surface area contributed by atoms with E-state index in [0.717, 1.165) is 16.9 Å². The Kier molecular flexibility index (Phi) is 5.40. The highest BCUT2D eigenvalue weighted by atomic mass is 16.6. The molecule has 0 saturated carbocycles. The Morgan fingerprint density at radius 2 is 1.61 bits per heavy atom. The van der Waals surface area contributed by atoms with Gasteiger partial charge in [0.1, 0.15) is 24.2 Å². The number of carbonyl (C=O) groups is 1. The number of Topliss-reactive ketones (excluding diaryl/α,β-unsaturated/α-hetero) is 1. The molecule has 1 heterocycles. The first-order chi connectivity index (χ1) is 13.8. The van der Waals surface area contributed by atoms with E-state index in [0.29, 0.717) is 24.5 Å². The third-order valence-electron chi connectivity index (χ3n) is 4.66. The molecule has 3 aromatic rings. The lowest BCUT2D eigenvalue weighted by Crippen LogP contribution is -2.10. The summed E-state index contributed by atoms with van der Waals surface area (Å²) in [6, 6.07) is 24.9. The summed E-state index contributed by atoms with van der Waals surface area (Å²) in [5.74, 6) is 1.34. The standard InChI is InChI=1S/C24H22O4/c1-2-26-19-14-12-18(13-15-19)23-24(28-23)22(25)20-10-6-7-11-21(20)27-16-17-8-4-3-5-9-17/h3-15,23-24H,2,16H2,1H3/t23-,24+/m0/s1. The minimum absolute atomic E-state index is 0.0532. The fourth-order valence-electron chi connectivity index (χ4n) is 3.17. The second-order valence-electron chi connectivity index (χ2n) is 6.61. The average Bonchev–Trinajstić information content (AvgIpc) is 3.54. The number of ether oxygens (including phenoxy) is 3. The third-order valence-corrected chi connectivity index (χ3v) is 4.66. The van der Waals surface area contributed by atoms with Crippen LogP contribution in [0, 0.1) is 0 Å². The molecule has 0 amide bonds. The Balaban J connectivity index is 1.44. The third kappa shape index (κ3) is 4.07. The first-order valence-electron chi connectivity index (χ1n) is 9.44. The van der Waals surface area contributed by atoms with Crippen molar-refractivity contribution in [1.29, 1.82) is 0 Å². The molecule has 1 aliphatic heterocycles. The molecule has 0 N–H and O–H groups in total. The normalized spacial score (nSPS) is 17.8. The molecule has 0 aromatic heterocycles. The lowest BCUT2D eigenvalue weighted by molar-refractivity contribution is 0.0949. The van der Waals surface area contributed by atoms with Gasteiger partial charge in [-0.3, -0.25) is 4.79 Å². The molecule has 28 heavy (non-hydrogen) atoms. The average molecular weight is 374 g/mol. The summed E-state index contributed by atoms with van der Waals surface area (Å²) < 4.78 is 17.1. The van der Waals surface area contributed by atoms with Gasteiger partial charge >= 0.3 is 0 Å². The highest BCUT2D eigenvalue weighted by molar-refractivity contribution is 6.03. The summed E-state index contributed by atoms with van der Waals surface area (Å²) in [7, 11) is 0. The van der Waals surface area contributed by atoms with Crippen LogP contribution in [0.4, 0.5) is 0 Å². The van der Waals surface area contributed by atoms with Crippen LogP contribution in [0.5, 0.6) is 11.5 Å². The Hall–Kier alpha value is -3.11. The Morgan fingerprint density at radius 1 is 0.893 bits per heavy atom. The van der Waals surface area contributed by atoms with E-state index in [9.17, 15) is 4.79 Å². The van der Waals surface area contributed by atoms with Gasteiger partial charge in [-0.05, 0) is 42.3 Å². The summed E-state index contributed by atoms with van der Waals surface area (Å²) in [6.07, 6.45) is -0.690. The molecule has 2 atom stereocenters. The number of epoxide rings is 1. The molecule has 1 aliphatic rings. The minimum Gasteiger partial charge on any atom is -0.494 e. The van der Waals surface area contributed by atoms with Crippen molar-refractivity contribution in [2.75, 3.05) is 6.61 Å². The van der Waals surface area contributed by atoms with Crippen molar-refractivity contribution in [2.24, 2.45) is 0 Å². The van der Waals surface area contributed by atoms with Crippen LogP contribution in [-0.4, -0.2) is 18.5 Å². The summed E-state index contributed by atoms with van der Waals surface area (Å²) in [4.78, 5) is 13.0. The highest BCUT2D eigenvalue weighted by Gasteiger charge is 2.46. The molecule has 142 valence electrons. The van der Waals surface area contributed by atoms with Gasteiger partial charge < -0.3 is 14.2 Å². The molecule has 3 aromatic carbocycles. The van der Waals surface area contributed by atoms with Gasteiger partial charge in [-0.25, -0.2) is 0 Å². The smallest absolute Gasteiger partial charge is 0.198 e. The largest absolute Gasteiger partial charge is 0.494 e. The second kappa shape index (κ2) is 8.28. The van der Waals surface area contributed by atoms with Crippen LogP contribution in [0.25, 0.3) is 0 Å². The topological polar surface area (TPSA) is 48.1 Å². The monoisotopic (exact) mass is 374 g/mol. The number of carbonyl (C=O) groups excluding carboxylic acids is 1. The maximum Gasteiger partial charge on any atom is 0.198 e. The van der Waals surface area contributed by atoms with Gasteiger partial charge in [0.05, 0.1) is 12.2 Å². The summed E-state index contributed by atoms with van der Waals surface area (Å²) in [6.45, 7) is 2.99. The van der Waals surface area contributed by atoms with Gasteiger partial charge in [0.2, 0.25) is 0 Å². The number of hydrogen-bond acceptors (Lipinski definition) is 4. The SMILES string of the molecule is CCOc1ccc([C@@H]2O[C@@H]2C(=O)c2ccccc2OCc2ccccc2)cc1. The van der Waals surface area contributed by atoms with Gasteiger partial charge in [-0.1, -0.05) is 54.6 Å². The van der Waals surface area contributed by atoms with Crippen molar-refractivity contribution in [3.8, 4) is 11.5 Å². The molecule has 0 bridgehead atoms. The number of benzene rings is 3. The van der Waals surface area contributed by atoms with Crippen LogP contribution in [0.3, 0.4) is 0 Å². The molecular weight excluding hydrogens is 352 g/mol. The van der Waals surface area contributed by atoms with E-state index in [2.05, 4.69) is 0 Å². The van der Waals surface area contributed by atoms with Gasteiger partial charge in [-0.15, -0.1) is 0 Å². The fraction of sp³-hybridized carbons (Fsp3) is 0.208. The van der Waals surface area contributed by atoms with Crippen molar-refractivity contribution in [1.82, 2.24) is 0 Å². The minimum atomic E-state index is -0.473. The molecular formula is C24H22O4. The first kappa shape index (κ1) is 18.3. The van der Waals surface area contributed by atoms with Crippen molar-refractivity contribution >= 4 is 5.78 Å². The molecule has 4 rings (SSSR count). The van der Waals surface area contributed by atoms with E-state index in [-0.39, 0.29) is 11.9 Å². The van der Waals surface area contributed by atoms with Crippen molar-refractivity contribution < 1.29 is 19.0 Å². The molecule has 1 fully saturated rings. The molecule has 4 nitrogen and oxygen atoms in total. The van der Waals surface area contributed by atoms with Crippen LogP contribution >= 0.6 is 0 Å². The zero-order valence-corrected chi connectivity index (χ0v) is 15.7. The lowest BCUT2D eigenvalue weighted by Gasteiger charge is -2.10. The molecule has 0 unspecified atom stereocenters. The molecule has 0 spiro atoms. The first-order valence-corrected chi connectivity index (χ1v) is 9.44. The van der Waals surface area contributed by atoms with E-state index in [4.69, 9.17) is 14.2 Å². The zero-order chi connectivity index (χ0) is 19.3. The molecule has 0 radical (unpaired) electrons. The summed E-state index contributed by atoms with van der Waals surface area (Å²) in [5, 5.41) is 0. The van der Waals surface area contributed by atoms with Crippen molar-refractivity contribution in [3.63, 3.8) is 0 Å². The maximum atomic E-state index is 13.0. The lowest BCUT2D eigenvalue weighted by atomic mass is 10.0. The van der Waals surface area contributed by atoms with Gasteiger partial charge in [0.25, 0.3) is 0 Å². The molecule has 4 heteroatoms. The second-order valence-corrected chi connectivity index (χ2v) is 6.61. The van der Waals surface area contributed by atoms with Gasteiger partial charge in [0.15, 0.2) is 11.9 Å². The number of ketones is 1. The van der Waals surface area contributed by atoms with Crippen molar-refractivity contribution in [2.45, 2.75) is 25.7 Å². The predicted octanol–water partition coefficient (Wildman–Crippen LogP) is 4.99. The maximum absolute atomic E-state index is 13.0. The Labute approximate surface area is 164 Å². The Bertz CT molecular complexity index is 934. The van der Waals surface area contributed by atoms with Gasteiger partial charge in [-0.2, -0.15) is 0 Å². The van der Waals surface area contributed by atoms with Crippen LogP contribution in [-0.2, 0) is 11.3 Å². The van der Waals surface area contributed by atoms with Crippen LogP contribution in [0.15, 0.2) is 78.9 Å². The van der Waals surface area contributed by atoms with Gasteiger partial charge in [0, 0.05) is 0 Å². The van der Waals surface area contributed by atoms with E-state index in [1.54, 1.807) is 6.07 Å². The quantitative estimate of drug-likeness (QED) is 0.412. The van der Waals surface area contributed by atoms with Crippen LogP contribution in [0.2, 0.25) is 0 Å². The van der Waals surface area contributed by atoms with E-state index in [1.165, 1.54) is 0 Å². The molecule has 0 aliphatic carbocycles. The van der Waals surface area contributed by atoms with Crippen molar-refractivity contribution in [3.05, 3.63) is 95.6 Å². The Morgan fingerprint density at radius 3 is 2.36 bits per heavy atom. The number of hydrogen-bond donors (Lipinski definition) is 0. The van der Waals surface area contributed by atoms with E-state index >= 15 is 0 Å². The number of rotatable bonds is 8. The number of para-hydroxylation sites is 1. The highest BCUT2D eigenvalue weighted by Crippen LogP contribution is 2.42. The predicted molar refractivity (Wildman–Crippen MR) is 107 cm³/mol. The molecule has 1 saturated heterocycles. The van der Waals surface area contributed by atoms with Crippen LogP contribution < -0.4 is 9.47 Å². The fourth-order valence-corrected chi connectivity index (χ4v) is 3.17. The summed E-state index contributed by atoms with van der Waals surface area (Å²) in [5.41, 5.74) is 2.58. The van der Waals surface area contributed by atoms with E-state index in [1.807, 2.05) is 79.7 Å².